The molecule has 0 saturated heterocycles. The summed E-state index contributed by atoms with van der Waals surface area (Å²) < 4.78 is 10.6. The first kappa shape index (κ1) is 41.9. The quantitative estimate of drug-likeness (QED) is 0.0571. The van der Waals surface area contributed by atoms with Gasteiger partial charge in [0.1, 0.15) is 6.61 Å². The smallest absolute Gasteiger partial charge is 0.306 e. The van der Waals surface area contributed by atoms with Gasteiger partial charge in [0.2, 0.25) is 0 Å². The van der Waals surface area contributed by atoms with Gasteiger partial charge in [0, 0.05) is 12.8 Å². The molecule has 0 aliphatic heterocycles. The van der Waals surface area contributed by atoms with Gasteiger partial charge in [-0.15, -0.1) is 0 Å². The molecule has 0 aliphatic carbocycles. The summed E-state index contributed by atoms with van der Waals surface area (Å²) in [6.45, 7) is 4.15. The zero-order valence-corrected chi connectivity index (χ0v) is 29.0. The Morgan fingerprint density at radius 3 is 1.02 bits per heavy atom. The van der Waals surface area contributed by atoms with Crippen molar-refractivity contribution in [3.8, 4) is 0 Å². The van der Waals surface area contributed by atoms with Gasteiger partial charge in [-0.1, -0.05) is 187 Å². The Hall–Kier alpha value is -1.10. The molecule has 5 nitrogen and oxygen atoms in total. The van der Waals surface area contributed by atoms with Crippen molar-refractivity contribution in [2.45, 2.75) is 219 Å². The van der Waals surface area contributed by atoms with E-state index >= 15 is 0 Å². The van der Waals surface area contributed by atoms with E-state index in [2.05, 4.69) is 13.8 Å². The molecule has 0 saturated carbocycles. The molecule has 0 aromatic rings. The summed E-state index contributed by atoms with van der Waals surface area (Å²) in [7, 11) is 0. The van der Waals surface area contributed by atoms with Gasteiger partial charge in [0.15, 0.2) is 6.10 Å². The normalized spacial score (nSPS) is 12.0. The fourth-order valence-electron chi connectivity index (χ4n) is 5.73. The summed E-state index contributed by atoms with van der Waals surface area (Å²) in [5, 5.41) is 9.52. The molecule has 0 amide bonds. The van der Waals surface area contributed by atoms with Crippen molar-refractivity contribution in [2.75, 3.05) is 13.2 Å². The second kappa shape index (κ2) is 35.4. The van der Waals surface area contributed by atoms with Crippen LogP contribution < -0.4 is 0 Å². The maximum absolute atomic E-state index is 12.1. The highest BCUT2D eigenvalue weighted by molar-refractivity contribution is 5.70. The predicted molar refractivity (Wildman–Crippen MR) is 182 cm³/mol. The average molecular weight is 611 g/mol. The van der Waals surface area contributed by atoms with Crippen molar-refractivity contribution in [1.29, 1.82) is 0 Å². The number of rotatable bonds is 35. The minimum Gasteiger partial charge on any atom is -0.462 e. The maximum atomic E-state index is 12.1. The van der Waals surface area contributed by atoms with Crippen molar-refractivity contribution >= 4 is 11.9 Å². The van der Waals surface area contributed by atoms with Gasteiger partial charge in [-0.2, -0.15) is 0 Å². The van der Waals surface area contributed by atoms with Crippen LogP contribution in [0.1, 0.15) is 213 Å². The number of aliphatic hydroxyl groups is 1. The number of carbonyl (C=O) groups is 2. The van der Waals surface area contributed by atoms with E-state index in [0.717, 1.165) is 32.1 Å². The first-order valence-electron chi connectivity index (χ1n) is 19.1. The standard InChI is InChI=1S/C38H74O5/c1-3-5-7-9-11-13-15-16-17-18-19-20-21-23-24-26-28-30-32-37(40)42-35-36(34-39)43-38(41)33-31-29-27-25-22-14-12-10-8-6-4-2/h36,39H,3-35H2,1-2H3/t36-/m0/s1. The molecule has 0 unspecified atom stereocenters. The summed E-state index contributed by atoms with van der Waals surface area (Å²) in [5.41, 5.74) is 0. The molecule has 256 valence electrons. The minimum absolute atomic E-state index is 0.0572. The van der Waals surface area contributed by atoms with E-state index in [1.165, 1.54) is 154 Å². The number of carbonyl (C=O) groups excluding carboxylic acids is 2. The number of ether oxygens (including phenoxy) is 2. The molecule has 0 rings (SSSR count). The zero-order valence-electron chi connectivity index (χ0n) is 29.0. The molecule has 0 bridgehead atoms. The molecule has 1 N–H and O–H groups in total. The van der Waals surface area contributed by atoms with E-state index in [0.29, 0.717) is 12.8 Å². The van der Waals surface area contributed by atoms with Crippen LogP contribution in [0.4, 0.5) is 0 Å². The number of hydrogen-bond donors (Lipinski definition) is 1. The Morgan fingerprint density at radius 2 is 0.721 bits per heavy atom. The largest absolute Gasteiger partial charge is 0.462 e. The highest BCUT2D eigenvalue weighted by atomic mass is 16.6. The Kier molecular flexibility index (Phi) is 34.5. The van der Waals surface area contributed by atoms with Gasteiger partial charge in [0.25, 0.3) is 0 Å². The highest BCUT2D eigenvalue weighted by Gasteiger charge is 2.16. The third-order valence-corrected chi connectivity index (χ3v) is 8.65. The summed E-state index contributed by atoms with van der Waals surface area (Å²) in [5.74, 6) is -0.578. The van der Waals surface area contributed by atoms with E-state index in [4.69, 9.17) is 9.47 Å². The monoisotopic (exact) mass is 611 g/mol. The van der Waals surface area contributed by atoms with Crippen LogP contribution >= 0.6 is 0 Å². The first-order valence-corrected chi connectivity index (χ1v) is 19.1. The molecular formula is C38H74O5. The van der Waals surface area contributed by atoms with Gasteiger partial charge >= 0.3 is 11.9 Å². The number of unbranched alkanes of at least 4 members (excludes halogenated alkanes) is 27. The van der Waals surface area contributed by atoms with Gasteiger partial charge in [0.05, 0.1) is 6.61 Å². The van der Waals surface area contributed by atoms with Crippen LogP contribution in [-0.4, -0.2) is 36.4 Å². The lowest BCUT2D eigenvalue weighted by Gasteiger charge is -2.15. The summed E-state index contributed by atoms with van der Waals surface area (Å²) in [4.78, 5) is 24.2. The van der Waals surface area contributed by atoms with Crippen molar-refractivity contribution in [2.24, 2.45) is 0 Å². The third-order valence-electron chi connectivity index (χ3n) is 8.65. The van der Waals surface area contributed by atoms with Crippen LogP contribution in [0.25, 0.3) is 0 Å². The SMILES string of the molecule is CCCCCCCCCCCCCCCCCCCCC(=O)OC[C@H](CO)OC(=O)CCCCCCCCCCCCC. The number of esters is 2. The van der Waals surface area contributed by atoms with Gasteiger partial charge < -0.3 is 14.6 Å². The van der Waals surface area contributed by atoms with Gasteiger partial charge in [-0.05, 0) is 12.8 Å². The van der Waals surface area contributed by atoms with Crippen LogP contribution in [0, 0.1) is 0 Å². The van der Waals surface area contributed by atoms with Crippen LogP contribution in [0.15, 0.2) is 0 Å². The fraction of sp³-hybridized carbons (Fsp3) is 0.947. The first-order chi connectivity index (χ1) is 21.1. The van der Waals surface area contributed by atoms with Crippen molar-refractivity contribution in [1.82, 2.24) is 0 Å². The zero-order chi connectivity index (χ0) is 31.5. The van der Waals surface area contributed by atoms with E-state index < -0.39 is 6.10 Å². The van der Waals surface area contributed by atoms with Crippen molar-refractivity contribution < 1.29 is 24.2 Å². The van der Waals surface area contributed by atoms with Crippen molar-refractivity contribution in [3.05, 3.63) is 0 Å². The minimum atomic E-state index is -0.760. The number of aliphatic hydroxyl groups excluding tert-OH is 1. The molecule has 0 heterocycles. The highest BCUT2D eigenvalue weighted by Crippen LogP contribution is 2.15. The Morgan fingerprint density at radius 1 is 0.442 bits per heavy atom. The third kappa shape index (κ3) is 33.6. The van der Waals surface area contributed by atoms with Crippen LogP contribution in [0.5, 0.6) is 0 Å². The van der Waals surface area contributed by atoms with Crippen LogP contribution in [0.3, 0.4) is 0 Å². The van der Waals surface area contributed by atoms with Crippen LogP contribution in [0.2, 0.25) is 0 Å². The summed E-state index contributed by atoms with van der Waals surface area (Å²) in [6.07, 6.45) is 37.3. The summed E-state index contributed by atoms with van der Waals surface area (Å²) in [6, 6.07) is 0. The lowest BCUT2D eigenvalue weighted by molar-refractivity contribution is -0.161. The molecule has 0 fully saturated rings. The predicted octanol–water partition coefficient (Wildman–Crippen LogP) is 11.6. The molecule has 1 atom stereocenters. The topological polar surface area (TPSA) is 72.8 Å². The number of hydrogen-bond acceptors (Lipinski definition) is 5. The maximum Gasteiger partial charge on any atom is 0.306 e. The van der Waals surface area contributed by atoms with Gasteiger partial charge in [-0.25, -0.2) is 0 Å². The van der Waals surface area contributed by atoms with E-state index in [1.54, 1.807) is 0 Å². The van der Waals surface area contributed by atoms with Gasteiger partial charge in [-0.3, -0.25) is 9.59 Å². The van der Waals surface area contributed by atoms with E-state index in [1.807, 2.05) is 0 Å². The molecule has 0 aromatic carbocycles. The Bertz CT molecular complexity index is 579. The lowest BCUT2D eigenvalue weighted by Crippen LogP contribution is -2.28. The molecular weight excluding hydrogens is 536 g/mol. The molecule has 0 aromatic heterocycles. The van der Waals surface area contributed by atoms with E-state index in [9.17, 15) is 14.7 Å². The summed E-state index contributed by atoms with van der Waals surface area (Å²) >= 11 is 0. The van der Waals surface area contributed by atoms with Crippen molar-refractivity contribution in [3.63, 3.8) is 0 Å². The fourth-order valence-corrected chi connectivity index (χ4v) is 5.73. The molecule has 0 radical (unpaired) electrons. The van der Waals surface area contributed by atoms with E-state index in [-0.39, 0.29) is 25.2 Å². The molecule has 0 aliphatic rings. The lowest BCUT2D eigenvalue weighted by atomic mass is 10.0. The second-order valence-electron chi connectivity index (χ2n) is 13.0. The molecule has 5 heteroatoms. The average Bonchev–Trinajstić information content (AvgIpc) is 3.01. The Balaban J connectivity index is 3.48. The molecule has 0 spiro atoms. The molecule has 43 heavy (non-hydrogen) atoms. The second-order valence-corrected chi connectivity index (χ2v) is 13.0. The van der Waals surface area contributed by atoms with Crippen LogP contribution in [-0.2, 0) is 19.1 Å². The Labute approximate surface area is 268 Å².